The number of amides is 1. The standard InChI is InChI=1S/C34H42FN5.C2H5NO2/c1-2-33-37-16-19-39(33)25-34(28-6-3-4-7-28,30-8-5-9-31(35)20-30)29-14-17-38(18-15-29)22-27-23-40(24-27)32-12-10-26(21-36)11-13-32;1-5-2(3)4/h5,8-13,16,19-20,27-29H,2-4,6-7,14-15,17-18,22-25H2,1H3;1H3,(H2,3,4). The average Bonchev–Trinajstić information content (AvgIpc) is 3.75. The van der Waals surface area contributed by atoms with Crippen molar-refractivity contribution in [2.24, 2.45) is 23.5 Å². The lowest BCUT2D eigenvalue weighted by Crippen LogP contribution is -2.54. The van der Waals surface area contributed by atoms with Crippen LogP contribution < -0.4 is 10.6 Å². The Labute approximate surface area is 267 Å². The maximum atomic E-state index is 14.8. The van der Waals surface area contributed by atoms with E-state index in [-0.39, 0.29) is 11.2 Å². The first-order chi connectivity index (χ1) is 21.9. The number of primary amides is 1. The third-order valence-corrected chi connectivity index (χ3v) is 10.3. The molecule has 1 amide bonds. The molecule has 1 aromatic heterocycles. The van der Waals surface area contributed by atoms with E-state index in [0.717, 1.165) is 69.9 Å². The molecule has 1 aliphatic carbocycles. The summed E-state index contributed by atoms with van der Waals surface area (Å²) in [4.78, 5) is 19.1. The zero-order valence-corrected chi connectivity index (χ0v) is 26.7. The van der Waals surface area contributed by atoms with Crippen LogP contribution in [0.2, 0.25) is 0 Å². The number of rotatable bonds is 9. The van der Waals surface area contributed by atoms with Gasteiger partial charge < -0.3 is 24.8 Å². The second-order valence-electron chi connectivity index (χ2n) is 12.9. The summed E-state index contributed by atoms with van der Waals surface area (Å²) in [6.45, 7) is 8.64. The van der Waals surface area contributed by atoms with Crippen LogP contribution in [0.3, 0.4) is 0 Å². The van der Waals surface area contributed by atoms with Crippen molar-refractivity contribution in [1.29, 1.82) is 5.26 Å². The van der Waals surface area contributed by atoms with Crippen molar-refractivity contribution >= 4 is 11.8 Å². The number of aryl methyl sites for hydroxylation is 1. The summed E-state index contributed by atoms with van der Waals surface area (Å²) in [6.07, 6.45) is 11.6. The summed E-state index contributed by atoms with van der Waals surface area (Å²) in [5.41, 5.74) is 7.50. The molecule has 2 saturated heterocycles. The number of ether oxygens (including phenoxy) is 1. The topological polar surface area (TPSA) is 100 Å². The van der Waals surface area contributed by atoms with E-state index in [1.165, 1.54) is 44.0 Å². The number of aromatic nitrogens is 2. The minimum absolute atomic E-state index is 0.0713. The quantitative estimate of drug-likeness (QED) is 0.311. The molecule has 8 nitrogen and oxygen atoms in total. The first-order valence-electron chi connectivity index (χ1n) is 16.4. The number of methoxy groups -OCH3 is 1. The summed E-state index contributed by atoms with van der Waals surface area (Å²) < 4.78 is 21.0. The summed E-state index contributed by atoms with van der Waals surface area (Å²) in [7, 11) is 1.22. The third-order valence-electron chi connectivity index (χ3n) is 10.3. The Morgan fingerprint density at radius 1 is 1.09 bits per heavy atom. The minimum atomic E-state index is -0.745. The summed E-state index contributed by atoms with van der Waals surface area (Å²) in [6, 6.07) is 17.7. The first kappa shape index (κ1) is 32.5. The number of benzene rings is 2. The van der Waals surface area contributed by atoms with Gasteiger partial charge in [0.15, 0.2) is 0 Å². The lowest BCUT2D eigenvalue weighted by Gasteiger charge is -2.50. The zero-order valence-electron chi connectivity index (χ0n) is 26.7. The SMILES string of the molecule is CCc1nccn1CC(c1cccc(F)c1)(C1CCCC1)C1CCN(CC2CN(c3ccc(C#N)cc3)C2)CC1.COC(N)=O. The zero-order chi connectivity index (χ0) is 31.8. The van der Waals surface area contributed by atoms with Crippen LogP contribution in [-0.2, 0) is 23.1 Å². The number of nitrogens with two attached hydrogens (primary N) is 1. The maximum Gasteiger partial charge on any atom is 0.404 e. The van der Waals surface area contributed by atoms with Gasteiger partial charge in [0.1, 0.15) is 11.6 Å². The van der Waals surface area contributed by atoms with E-state index in [9.17, 15) is 9.18 Å². The van der Waals surface area contributed by atoms with E-state index in [4.69, 9.17) is 5.26 Å². The van der Waals surface area contributed by atoms with Gasteiger partial charge in [-0.3, -0.25) is 0 Å². The van der Waals surface area contributed by atoms with E-state index in [0.29, 0.717) is 17.8 Å². The molecule has 240 valence electrons. The molecule has 9 heteroatoms. The Balaban J connectivity index is 0.000000743. The van der Waals surface area contributed by atoms with Crippen LogP contribution in [0.25, 0.3) is 0 Å². The molecule has 2 N–H and O–H groups in total. The molecule has 2 aromatic carbocycles. The number of piperidine rings is 1. The summed E-state index contributed by atoms with van der Waals surface area (Å²) >= 11 is 0. The normalized spacial score (nSPS) is 19.2. The monoisotopic (exact) mass is 614 g/mol. The number of imidazole rings is 1. The van der Waals surface area contributed by atoms with Gasteiger partial charge in [-0.25, -0.2) is 14.2 Å². The van der Waals surface area contributed by atoms with Gasteiger partial charge in [-0.05, 0) is 92.6 Å². The number of carbonyl (C=O) groups excluding carboxylic acids is 1. The van der Waals surface area contributed by atoms with Gasteiger partial charge in [0.2, 0.25) is 0 Å². The van der Waals surface area contributed by atoms with Crippen molar-refractivity contribution in [1.82, 2.24) is 14.5 Å². The van der Waals surface area contributed by atoms with Crippen LogP contribution >= 0.6 is 0 Å². The van der Waals surface area contributed by atoms with Crippen LogP contribution in [0.15, 0.2) is 60.9 Å². The maximum absolute atomic E-state index is 14.8. The highest BCUT2D eigenvalue weighted by Crippen LogP contribution is 2.51. The lowest BCUT2D eigenvalue weighted by molar-refractivity contribution is 0.0639. The smallest absolute Gasteiger partial charge is 0.404 e. The summed E-state index contributed by atoms with van der Waals surface area (Å²) in [5.74, 6) is 2.80. The minimum Gasteiger partial charge on any atom is -0.453 e. The molecule has 2 aliphatic heterocycles. The molecular formula is C36H47FN6O2. The highest BCUT2D eigenvalue weighted by Gasteiger charge is 2.49. The lowest BCUT2D eigenvalue weighted by atomic mass is 9.59. The molecule has 3 heterocycles. The number of carbonyl (C=O) groups is 1. The van der Waals surface area contributed by atoms with Crippen LogP contribution in [0, 0.1) is 34.9 Å². The first-order valence-corrected chi connectivity index (χ1v) is 16.4. The van der Waals surface area contributed by atoms with Crippen molar-refractivity contribution < 1.29 is 13.9 Å². The number of nitriles is 1. The van der Waals surface area contributed by atoms with Gasteiger partial charge in [0.25, 0.3) is 0 Å². The second kappa shape index (κ2) is 14.9. The largest absolute Gasteiger partial charge is 0.453 e. The van der Waals surface area contributed by atoms with Crippen molar-refractivity contribution in [2.75, 3.05) is 44.7 Å². The van der Waals surface area contributed by atoms with Crippen LogP contribution in [0.4, 0.5) is 14.9 Å². The number of anilines is 1. The van der Waals surface area contributed by atoms with Crippen molar-refractivity contribution in [3.63, 3.8) is 0 Å². The van der Waals surface area contributed by atoms with Crippen LogP contribution in [0.1, 0.15) is 62.4 Å². The van der Waals surface area contributed by atoms with Crippen LogP contribution in [0.5, 0.6) is 0 Å². The Hall–Kier alpha value is -3.90. The molecule has 6 rings (SSSR count). The van der Waals surface area contributed by atoms with E-state index in [1.54, 1.807) is 6.07 Å². The third kappa shape index (κ3) is 7.50. The van der Waals surface area contributed by atoms with Crippen molar-refractivity contribution in [3.05, 3.63) is 83.7 Å². The Kier molecular flexibility index (Phi) is 10.8. The number of hydrogen-bond donors (Lipinski definition) is 1. The number of halogens is 1. The van der Waals surface area contributed by atoms with Crippen LogP contribution in [-0.4, -0.2) is 60.4 Å². The molecular weight excluding hydrogens is 567 g/mol. The molecule has 1 atom stereocenters. The van der Waals surface area contributed by atoms with Crippen molar-refractivity contribution in [2.45, 2.75) is 63.8 Å². The van der Waals surface area contributed by atoms with Gasteiger partial charge in [-0.2, -0.15) is 5.26 Å². The number of nitrogens with zero attached hydrogens (tertiary/aromatic N) is 5. The molecule has 3 aromatic rings. The Bertz CT molecular complexity index is 1430. The fourth-order valence-corrected chi connectivity index (χ4v) is 8.09. The Morgan fingerprint density at radius 2 is 1.76 bits per heavy atom. The van der Waals surface area contributed by atoms with Gasteiger partial charge in [0.05, 0.1) is 18.7 Å². The molecule has 3 aliphatic rings. The molecule has 1 saturated carbocycles. The van der Waals surface area contributed by atoms with E-state index in [1.807, 2.05) is 30.5 Å². The molecule has 3 fully saturated rings. The van der Waals surface area contributed by atoms with E-state index in [2.05, 4.69) is 67.2 Å². The predicted molar refractivity (Wildman–Crippen MR) is 174 cm³/mol. The Morgan fingerprint density at radius 3 is 2.36 bits per heavy atom. The second-order valence-corrected chi connectivity index (χ2v) is 12.9. The predicted octanol–water partition coefficient (Wildman–Crippen LogP) is 6.14. The fraction of sp³-hybridized carbons (Fsp3) is 0.528. The van der Waals surface area contributed by atoms with E-state index < -0.39 is 6.09 Å². The highest BCUT2D eigenvalue weighted by molar-refractivity contribution is 5.64. The van der Waals surface area contributed by atoms with Gasteiger partial charge in [0, 0.05) is 62.0 Å². The molecule has 1 unspecified atom stereocenters. The number of likely N-dealkylation sites (tertiary alicyclic amines) is 1. The number of hydrogen-bond acceptors (Lipinski definition) is 6. The van der Waals surface area contributed by atoms with Gasteiger partial charge >= 0.3 is 6.09 Å². The molecule has 45 heavy (non-hydrogen) atoms. The highest BCUT2D eigenvalue weighted by atomic mass is 19.1. The molecule has 0 bridgehead atoms. The van der Waals surface area contributed by atoms with E-state index >= 15 is 0 Å². The average molecular weight is 615 g/mol. The fourth-order valence-electron chi connectivity index (χ4n) is 8.09. The van der Waals surface area contributed by atoms with Gasteiger partial charge in [-0.1, -0.05) is 31.9 Å². The molecule has 0 spiro atoms. The molecule has 0 radical (unpaired) electrons. The summed E-state index contributed by atoms with van der Waals surface area (Å²) in [5, 5.41) is 9.07. The van der Waals surface area contributed by atoms with Crippen molar-refractivity contribution in [3.8, 4) is 6.07 Å². The van der Waals surface area contributed by atoms with Gasteiger partial charge in [-0.15, -0.1) is 0 Å².